The average molecular weight is 469 g/mol. The van der Waals surface area contributed by atoms with Crippen molar-refractivity contribution in [2.75, 3.05) is 25.1 Å². The van der Waals surface area contributed by atoms with E-state index >= 15 is 0 Å². The van der Waals surface area contributed by atoms with Crippen LogP contribution in [0.1, 0.15) is 38.3 Å². The van der Waals surface area contributed by atoms with E-state index in [1.807, 2.05) is 45.0 Å². The topological polar surface area (TPSA) is 118 Å². The number of carbonyl (C=O) groups excluding carboxylic acids is 3. The van der Waals surface area contributed by atoms with Crippen LogP contribution in [0.3, 0.4) is 0 Å². The van der Waals surface area contributed by atoms with Crippen molar-refractivity contribution in [2.24, 2.45) is 5.10 Å². The number of rotatable bonds is 12. The Kier molecular flexibility index (Phi) is 11.3. The highest BCUT2D eigenvalue weighted by Gasteiger charge is 2.11. The molecule has 34 heavy (non-hydrogen) atoms. The molecule has 0 aromatic heterocycles. The summed E-state index contributed by atoms with van der Waals surface area (Å²) in [4.78, 5) is 35.8. The van der Waals surface area contributed by atoms with Gasteiger partial charge in [0.15, 0.2) is 6.61 Å². The predicted molar refractivity (Wildman–Crippen MR) is 131 cm³/mol. The molecule has 2 rings (SSSR count). The maximum Gasteiger partial charge on any atom is 0.329 e. The minimum atomic E-state index is -0.863. The number of para-hydroxylation sites is 1. The van der Waals surface area contributed by atoms with E-state index in [0.29, 0.717) is 30.9 Å². The number of hydrogen-bond donors (Lipinski definition) is 3. The van der Waals surface area contributed by atoms with E-state index in [-0.39, 0.29) is 18.6 Å². The van der Waals surface area contributed by atoms with Crippen molar-refractivity contribution >= 4 is 29.6 Å². The summed E-state index contributed by atoms with van der Waals surface area (Å²) in [5, 5.41) is 9.15. The number of benzene rings is 2. The van der Waals surface area contributed by atoms with Gasteiger partial charge in [0, 0.05) is 18.8 Å². The first kappa shape index (κ1) is 26.5. The maximum atomic E-state index is 12.2. The molecular weight excluding hydrogens is 436 g/mol. The lowest BCUT2D eigenvalue weighted by Gasteiger charge is -2.10. The third-order valence-corrected chi connectivity index (χ3v) is 4.54. The molecule has 0 aliphatic carbocycles. The van der Waals surface area contributed by atoms with Crippen LogP contribution in [0.2, 0.25) is 0 Å². The van der Waals surface area contributed by atoms with E-state index < -0.39 is 11.8 Å². The van der Waals surface area contributed by atoms with Gasteiger partial charge in [-0.3, -0.25) is 14.4 Å². The molecule has 2 aromatic carbocycles. The molecule has 0 saturated heterocycles. The van der Waals surface area contributed by atoms with Crippen molar-refractivity contribution in [3.8, 4) is 5.75 Å². The van der Waals surface area contributed by atoms with Crippen LogP contribution in [0.4, 0.5) is 5.69 Å². The molecule has 0 aliphatic heterocycles. The maximum absolute atomic E-state index is 12.2. The Morgan fingerprint density at radius 1 is 1.06 bits per heavy atom. The molecule has 0 bridgehead atoms. The smallest absolute Gasteiger partial charge is 0.329 e. The number of nitrogens with zero attached hydrogens (tertiary/aromatic N) is 1. The molecule has 0 saturated carbocycles. The summed E-state index contributed by atoms with van der Waals surface area (Å²) in [6, 6.07) is 14.5. The molecule has 2 aromatic rings. The van der Waals surface area contributed by atoms with Gasteiger partial charge in [0.25, 0.3) is 5.91 Å². The Bertz CT molecular complexity index is 991. The van der Waals surface area contributed by atoms with Gasteiger partial charge in [-0.25, -0.2) is 5.43 Å². The fourth-order valence-corrected chi connectivity index (χ4v) is 2.86. The van der Waals surface area contributed by atoms with Gasteiger partial charge in [0.1, 0.15) is 5.75 Å². The largest absolute Gasteiger partial charge is 0.484 e. The lowest BCUT2D eigenvalue weighted by Crippen LogP contribution is -2.38. The molecule has 0 aliphatic rings. The van der Waals surface area contributed by atoms with Gasteiger partial charge in [0.2, 0.25) is 0 Å². The van der Waals surface area contributed by atoms with Gasteiger partial charge in [-0.15, -0.1) is 0 Å². The lowest BCUT2D eigenvalue weighted by molar-refractivity contribution is -0.139. The SMILES string of the molecule is CCc1ccccc1NC(=O)COc1cccc(/C=N\NC(=O)C(=O)NCCCOC(C)C)c1. The summed E-state index contributed by atoms with van der Waals surface area (Å²) in [5.41, 5.74) is 4.62. The van der Waals surface area contributed by atoms with Crippen molar-refractivity contribution in [2.45, 2.75) is 39.7 Å². The first-order chi connectivity index (χ1) is 16.4. The Morgan fingerprint density at radius 2 is 1.85 bits per heavy atom. The van der Waals surface area contributed by atoms with Crippen molar-refractivity contribution < 1.29 is 23.9 Å². The van der Waals surface area contributed by atoms with E-state index in [1.165, 1.54) is 6.21 Å². The first-order valence-electron chi connectivity index (χ1n) is 11.2. The molecule has 0 atom stereocenters. The molecule has 0 spiro atoms. The molecule has 182 valence electrons. The number of hydrogen-bond acceptors (Lipinski definition) is 6. The summed E-state index contributed by atoms with van der Waals surface area (Å²) < 4.78 is 10.9. The predicted octanol–water partition coefficient (Wildman–Crippen LogP) is 2.65. The molecule has 3 N–H and O–H groups in total. The van der Waals surface area contributed by atoms with Gasteiger partial charge in [0.05, 0.1) is 12.3 Å². The Morgan fingerprint density at radius 3 is 2.62 bits per heavy atom. The van der Waals surface area contributed by atoms with E-state index in [2.05, 4.69) is 21.2 Å². The second-order valence-corrected chi connectivity index (χ2v) is 7.65. The van der Waals surface area contributed by atoms with Crippen LogP contribution in [0, 0.1) is 0 Å². The van der Waals surface area contributed by atoms with Gasteiger partial charge in [-0.2, -0.15) is 5.10 Å². The molecule has 0 fully saturated rings. The van der Waals surface area contributed by atoms with Crippen LogP contribution in [0.25, 0.3) is 0 Å². The quantitative estimate of drug-likeness (QED) is 0.192. The highest BCUT2D eigenvalue weighted by atomic mass is 16.5. The van der Waals surface area contributed by atoms with Crippen molar-refractivity contribution in [1.29, 1.82) is 0 Å². The number of anilines is 1. The zero-order valence-electron chi connectivity index (χ0n) is 19.8. The molecule has 9 heteroatoms. The van der Waals surface area contributed by atoms with Crippen LogP contribution in [-0.4, -0.2) is 49.8 Å². The lowest BCUT2D eigenvalue weighted by atomic mass is 10.1. The van der Waals surface area contributed by atoms with E-state index in [4.69, 9.17) is 9.47 Å². The summed E-state index contributed by atoms with van der Waals surface area (Å²) in [5.74, 6) is -1.43. The normalized spacial score (nSPS) is 10.8. The van der Waals surface area contributed by atoms with E-state index in [1.54, 1.807) is 24.3 Å². The second kappa shape index (κ2) is 14.4. The van der Waals surface area contributed by atoms with E-state index in [0.717, 1.165) is 17.7 Å². The number of carbonyl (C=O) groups is 3. The fourth-order valence-electron chi connectivity index (χ4n) is 2.86. The molecular formula is C25H32N4O5. The van der Waals surface area contributed by atoms with E-state index in [9.17, 15) is 14.4 Å². The molecule has 0 heterocycles. The van der Waals surface area contributed by atoms with Crippen molar-refractivity contribution in [1.82, 2.24) is 10.7 Å². The third kappa shape index (κ3) is 9.83. The number of ether oxygens (including phenoxy) is 2. The highest BCUT2D eigenvalue weighted by molar-refractivity contribution is 6.35. The highest BCUT2D eigenvalue weighted by Crippen LogP contribution is 2.16. The molecule has 0 radical (unpaired) electrons. The summed E-state index contributed by atoms with van der Waals surface area (Å²) in [6.07, 6.45) is 2.92. The number of aryl methyl sites for hydroxylation is 1. The van der Waals surface area contributed by atoms with Crippen LogP contribution < -0.4 is 20.8 Å². The standard InChI is InChI=1S/C25H32N4O5/c1-4-20-10-5-6-12-22(20)28-23(30)17-34-21-11-7-9-19(15-21)16-27-29-25(32)24(31)26-13-8-14-33-18(2)3/h5-7,9-12,15-16,18H,4,8,13-14,17H2,1-3H3,(H,26,31)(H,28,30)(H,29,32)/b27-16-. The second-order valence-electron chi connectivity index (χ2n) is 7.65. The summed E-state index contributed by atoms with van der Waals surface area (Å²) >= 11 is 0. The minimum Gasteiger partial charge on any atom is -0.484 e. The summed E-state index contributed by atoms with van der Waals surface area (Å²) in [6.45, 7) is 6.56. The average Bonchev–Trinajstić information content (AvgIpc) is 2.82. The van der Waals surface area contributed by atoms with Crippen LogP contribution in [0.15, 0.2) is 53.6 Å². The van der Waals surface area contributed by atoms with Crippen molar-refractivity contribution in [3.63, 3.8) is 0 Å². The Balaban J connectivity index is 1.76. The zero-order valence-corrected chi connectivity index (χ0v) is 19.8. The van der Waals surface area contributed by atoms with Gasteiger partial charge >= 0.3 is 11.8 Å². The molecule has 3 amide bonds. The van der Waals surface area contributed by atoms with Gasteiger partial charge in [-0.1, -0.05) is 37.3 Å². The Labute approximate surface area is 199 Å². The molecule has 9 nitrogen and oxygen atoms in total. The van der Waals surface area contributed by atoms with Gasteiger partial charge < -0.3 is 20.1 Å². The zero-order chi connectivity index (χ0) is 24.8. The number of nitrogens with one attached hydrogen (secondary N) is 3. The van der Waals surface area contributed by atoms with Crippen LogP contribution in [0.5, 0.6) is 5.75 Å². The minimum absolute atomic E-state index is 0.123. The number of hydrazone groups is 1. The van der Waals surface area contributed by atoms with Crippen LogP contribution in [-0.2, 0) is 25.5 Å². The third-order valence-electron chi connectivity index (χ3n) is 4.54. The Hall–Kier alpha value is -3.72. The number of amides is 3. The van der Waals surface area contributed by atoms with Gasteiger partial charge in [-0.05, 0) is 56.0 Å². The van der Waals surface area contributed by atoms with Crippen LogP contribution >= 0.6 is 0 Å². The summed E-state index contributed by atoms with van der Waals surface area (Å²) in [7, 11) is 0. The monoisotopic (exact) mass is 468 g/mol. The van der Waals surface area contributed by atoms with Crippen molar-refractivity contribution in [3.05, 3.63) is 59.7 Å². The first-order valence-corrected chi connectivity index (χ1v) is 11.2. The fraction of sp³-hybridized carbons (Fsp3) is 0.360. The molecule has 0 unspecified atom stereocenters.